The highest BCUT2D eigenvalue weighted by atomic mass is 16.3. The van der Waals surface area contributed by atoms with Gasteiger partial charge in [0.15, 0.2) is 0 Å². The number of benzene rings is 2. The molecule has 4 rings (SSSR count). The van der Waals surface area contributed by atoms with Crippen molar-refractivity contribution >= 4 is 23.0 Å². The Hall–Kier alpha value is -4.06. The van der Waals surface area contributed by atoms with Gasteiger partial charge in [-0.2, -0.15) is 5.10 Å². The van der Waals surface area contributed by atoms with Crippen molar-refractivity contribution in [2.75, 3.05) is 0 Å². The topological polar surface area (TPSA) is 87.5 Å². The molecule has 2 aromatic carbocycles. The van der Waals surface area contributed by atoms with E-state index in [1.54, 1.807) is 30.6 Å². The molecule has 0 aliphatic carbocycles. The molecule has 30 heavy (non-hydrogen) atoms. The minimum atomic E-state index is -0.339. The SMILES string of the molecule is Cc1cc(/C=N/NC(=O)c2cc(-c3ccccn3)nc3ccccc23)cc(C)c1O. The number of aromatic nitrogens is 2. The van der Waals surface area contributed by atoms with Gasteiger partial charge in [0.25, 0.3) is 5.91 Å². The molecule has 0 bridgehead atoms. The van der Waals surface area contributed by atoms with E-state index in [2.05, 4.69) is 20.5 Å². The third-order valence-corrected chi connectivity index (χ3v) is 4.78. The fourth-order valence-corrected chi connectivity index (χ4v) is 3.30. The summed E-state index contributed by atoms with van der Waals surface area (Å²) in [5.41, 5.74) is 7.37. The number of amides is 1. The van der Waals surface area contributed by atoms with Gasteiger partial charge in [-0.3, -0.25) is 9.78 Å². The monoisotopic (exact) mass is 396 g/mol. The lowest BCUT2D eigenvalue weighted by Crippen LogP contribution is -2.18. The van der Waals surface area contributed by atoms with Crippen molar-refractivity contribution in [2.24, 2.45) is 5.10 Å². The number of fused-ring (bicyclic) bond motifs is 1. The smallest absolute Gasteiger partial charge is 0.272 e. The van der Waals surface area contributed by atoms with Crippen molar-refractivity contribution in [3.63, 3.8) is 0 Å². The number of hydrazone groups is 1. The number of carbonyl (C=O) groups excluding carboxylic acids is 1. The number of carbonyl (C=O) groups is 1. The second-order valence-electron chi connectivity index (χ2n) is 6.99. The molecule has 0 radical (unpaired) electrons. The zero-order valence-corrected chi connectivity index (χ0v) is 16.6. The van der Waals surface area contributed by atoms with Gasteiger partial charge in [0.1, 0.15) is 5.75 Å². The van der Waals surface area contributed by atoms with Crippen LogP contribution < -0.4 is 5.43 Å². The van der Waals surface area contributed by atoms with E-state index in [1.807, 2.05) is 56.3 Å². The van der Waals surface area contributed by atoms with Crippen LogP contribution in [0.25, 0.3) is 22.3 Å². The molecular weight excluding hydrogens is 376 g/mol. The molecule has 2 heterocycles. The molecule has 1 amide bonds. The number of hydrogen-bond donors (Lipinski definition) is 2. The zero-order valence-electron chi connectivity index (χ0n) is 16.6. The number of hydrogen-bond acceptors (Lipinski definition) is 5. The number of aryl methyl sites for hydroxylation is 2. The molecular formula is C24H20N4O2. The first-order valence-corrected chi connectivity index (χ1v) is 9.48. The molecule has 148 valence electrons. The summed E-state index contributed by atoms with van der Waals surface area (Å²) in [6, 6.07) is 18.4. The van der Waals surface area contributed by atoms with E-state index in [0.29, 0.717) is 22.5 Å². The summed E-state index contributed by atoms with van der Waals surface area (Å²) >= 11 is 0. The maximum Gasteiger partial charge on any atom is 0.272 e. The van der Waals surface area contributed by atoms with Gasteiger partial charge in [-0.1, -0.05) is 24.3 Å². The minimum absolute atomic E-state index is 0.265. The van der Waals surface area contributed by atoms with Gasteiger partial charge in [0.2, 0.25) is 0 Å². The van der Waals surface area contributed by atoms with E-state index in [4.69, 9.17) is 0 Å². The van der Waals surface area contributed by atoms with Crippen molar-refractivity contribution in [1.29, 1.82) is 0 Å². The number of phenolic OH excluding ortho intramolecular Hbond substituents is 1. The number of rotatable bonds is 4. The molecule has 6 nitrogen and oxygen atoms in total. The maximum atomic E-state index is 12.9. The number of pyridine rings is 2. The number of nitrogens with one attached hydrogen (secondary N) is 1. The number of para-hydroxylation sites is 1. The van der Waals surface area contributed by atoms with Crippen LogP contribution in [-0.4, -0.2) is 27.2 Å². The van der Waals surface area contributed by atoms with Gasteiger partial charge < -0.3 is 5.11 Å². The molecule has 4 aromatic rings. The molecule has 2 aromatic heterocycles. The second-order valence-corrected chi connectivity index (χ2v) is 6.99. The quantitative estimate of drug-likeness (QED) is 0.396. The van der Waals surface area contributed by atoms with Crippen LogP contribution in [0.5, 0.6) is 5.75 Å². The van der Waals surface area contributed by atoms with Gasteiger partial charge in [0, 0.05) is 11.6 Å². The van der Waals surface area contributed by atoms with E-state index in [9.17, 15) is 9.90 Å². The van der Waals surface area contributed by atoms with Crippen LogP contribution in [0.4, 0.5) is 0 Å². The minimum Gasteiger partial charge on any atom is -0.507 e. The van der Waals surface area contributed by atoms with Crippen molar-refractivity contribution < 1.29 is 9.90 Å². The van der Waals surface area contributed by atoms with E-state index in [1.165, 1.54) is 0 Å². The van der Waals surface area contributed by atoms with E-state index >= 15 is 0 Å². The lowest BCUT2D eigenvalue weighted by molar-refractivity contribution is 0.0956. The van der Waals surface area contributed by atoms with Gasteiger partial charge in [0.05, 0.1) is 28.7 Å². The van der Waals surface area contributed by atoms with Crippen LogP contribution in [0.1, 0.15) is 27.0 Å². The summed E-state index contributed by atoms with van der Waals surface area (Å²) in [5.74, 6) is -0.0734. The second kappa shape index (κ2) is 8.13. The average molecular weight is 396 g/mol. The summed E-state index contributed by atoms with van der Waals surface area (Å²) in [5, 5.41) is 14.7. The molecule has 0 spiro atoms. The molecule has 0 fully saturated rings. The van der Waals surface area contributed by atoms with Crippen LogP contribution in [-0.2, 0) is 0 Å². The van der Waals surface area contributed by atoms with E-state index in [0.717, 1.165) is 22.1 Å². The van der Waals surface area contributed by atoms with Gasteiger partial charge >= 0.3 is 0 Å². The molecule has 0 saturated heterocycles. The molecule has 2 N–H and O–H groups in total. The molecule has 0 unspecified atom stereocenters. The third kappa shape index (κ3) is 3.89. The molecule has 0 atom stereocenters. The summed E-state index contributed by atoms with van der Waals surface area (Å²) in [7, 11) is 0. The Morgan fingerprint density at radius 1 is 1.00 bits per heavy atom. The fraction of sp³-hybridized carbons (Fsp3) is 0.0833. The highest BCUT2D eigenvalue weighted by Gasteiger charge is 2.14. The van der Waals surface area contributed by atoms with Gasteiger partial charge in [-0.25, -0.2) is 10.4 Å². The summed E-state index contributed by atoms with van der Waals surface area (Å²) in [4.78, 5) is 21.9. The van der Waals surface area contributed by atoms with Crippen LogP contribution in [0, 0.1) is 13.8 Å². The maximum absolute atomic E-state index is 12.9. The molecule has 0 saturated carbocycles. The first kappa shape index (κ1) is 19.3. The predicted molar refractivity (Wildman–Crippen MR) is 118 cm³/mol. The number of nitrogens with zero attached hydrogens (tertiary/aromatic N) is 3. The first-order chi connectivity index (χ1) is 14.5. The van der Waals surface area contributed by atoms with Crippen molar-refractivity contribution in [3.05, 3.63) is 89.1 Å². The Labute approximate surface area is 173 Å². The Morgan fingerprint density at radius 3 is 2.47 bits per heavy atom. The Morgan fingerprint density at radius 2 is 1.73 bits per heavy atom. The highest BCUT2D eigenvalue weighted by Crippen LogP contribution is 2.24. The molecule has 0 aliphatic rings. The average Bonchev–Trinajstić information content (AvgIpc) is 2.77. The van der Waals surface area contributed by atoms with Crippen LogP contribution >= 0.6 is 0 Å². The summed E-state index contributed by atoms with van der Waals surface area (Å²) in [6.07, 6.45) is 3.25. The van der Waals surface area contributed by atoms with E-state index < -0.39 is 0 Å². The van der Waals surface area contributed by atoms with Crippen molar-refractivity contribution in [2.45, 2.75) is 13.8 Å². The first-order valence-electron chi connectivity index (χ1n) is 9.48. The van der Waals surface area contributed by atoms with Crippen LogP contribution in [0.3, 0.4) is 0 Å². The molecule has 0 aliphatic heterocycles. The Balaban J connectivity index is 1.66. The van der Waals surface area contributed by atoms with E-state index in [-0.39, 0.29) is 11.7 Å². The third-order valence-electron chi connectivity index (χ3n) is 4.78. The van der Waals surface area contributed by atoms with Crippen molar-refractivity contribution in [3.8, 4) is 17.1 Å². The standard InChI is InChI=1S/C24H20N4O2/c1-15-11-17(12-16(2)23(15)29)14-26-28-24(30)19-13-22(21-9-5-6-10-25-21)27-20-8-4-3-7-18(19)20/h3-14,29H,1-2H3,(H,28,30)/b26-14+. The Bertz CT molecular complexity index is 1240. The summed E-state index contributed by atoms with van der Waals surface area (Å²) in [6.45, 7) is 3.64. The van der Waals surface area contributed by atoms with Crippen LogP contribution in [0.15, 0.2) is 72.0 Å². The molecule has 6 heteroatoms. The van der Waals surface area contributed by atoms with Crippen molar-refractivity contribution in [1.82, 2.24) is 15.4 Å². The largest absolute Gasteiger partial charge is 0.507 e. The lowest BCUT2D eigenvalue weighted by Gasteiger charge is -2.08. The van der Waals surface area contributed by atoms with Gasteiger partial charge in [-0.05, 0) is 66.9 Å². The predicted octanol–water partition coefficient (Wildman–Crippen LogP) is 4.38. The van der Waals surface area contributed by atoms with Crippen LogP contribution in [0.2, 0.25) is 0 Å². The normalized spacial score (nSPS) is 11.1. The lowest BCUT2D eigenvalue weighted by atomic mass is 10.1. The fourth-order valence-electron chi connectivity index (χ4n) is 3.30. The van der Waals surface area contributed by atoms with Gasteiger partial charge in [-0.15, -0.1) is 0 Å². The highest BCUT2D eigenvalue weighted by molar-refractivity contribution is 6.07. The zero-order chi connectivity index (χ0) is 21.1. The number of aromatic hydroxyl groups is 1. The Kier molecular flexibility index (Phi) is 5.22. The summed E-state index contributed by atoms with van der Waals surface area (Å²) < 4.78 is 0. The number of phenols is 1.